The number of anilines is 1. The lowest BCUT2D eigenvalue weighted by atomic mass is 10.1. The largest absolute Gasteiger partial charge is 0.416 e. The van der Waals surface area contributed by atoms with Gasteiger partial charge < -0.3 is 11.1 Å². The third-order valence-corrected chi connectivity index (χ3v) is 3.09. The number of benzene rings is 1. The molecule has 0 aliphatic carbocycles. The molecule has 0 saturated carbocycles. The molecule has 21 heavy (non-hydrogen) atoms. The molecule has 1 aromatic rings. The van der Waals surface area contributed by atoms with Crippen molar-refractivity contribution in [1.82, 2.24) is 0 Å². The Hall–Kier alpha value is -1.27. The zero-order chi connectivity index (χ0) is 15.9. The van der Waals surface area contributed by atoms with Crippen LogP contribution in [0.2, 0.25) is 5.02 Å². The number of alkyl halides is 3. The Labute approximate surface area is 126 Å². The molecule has 0 bridgehead atoms. The van der Waals surface area contributed by atoms with E-state index >= 15 is 0 Å². The minimum absolute atomic E-state index is 0.0572. The molecule has 1 aromatic carbocycles. The topological polar surface area (TPSA) is 55.1 Å². The number of carbonyl (C=O) groups is 1. The van der Waals surface area contributed by atoms with E-state index in [-0.39, 0.29) is 23.0 Å². The highest BCUT2D eigenvalue weighted by Gasteiger charge is 2.31. The molecular weight excluding hydrogens is 305 g/mol. The number of hydrogen-bond acceptors (Lipinski definition) is 2. The van der Waals surface area contributed by atoms with Crippen molar-refractivity contribution < 1.29 is 18.0 Å². The molecule has 0 heterocycles. The van der Waals surface area contributed by atoms with Gasteiger partial charge in [0.15, 0.2) is 0 Å². The maximum absolute atomic E-state index is 12.6. The second-order valence-corrected chi connectivity index (χ2v) is 5.16. The molecule has 0 saturated heterocycles. The van der Waals surface area contributed by atoms with Crippen LogP contribution in [0.4, 0.5) is 18.9 Å². The molecule has 0 aliphatic heterocycles. The Balaban J connectivity index is 2.54. The maximum atomic E-state index is 12.6. The lowest BCUT2D eigenvalue weighted by Gasteiger charge is -2.11. The van der Waals surface area contributed by atoms with Gasteiger partial charge in [-0.3, -0.25) is 4.79 Å². The van der Waals surface area contributed by atoms with Gasteiger partial charge in [-0.2, -0.15) is 13.2 Å². The van der Waals surface area contributed by atoms with Gasteiger partial charge in [0.1, 0.15) is 0 Å². The average Bonchev–Trinajstić information content (AvgIpc) is 2.36. The van der Waals surface area contributed by atoms with Gasteiger partial charge in [-0.05, 0) is 37.6 Å². The second-order valence-electron chi connectivity index (χ2n) is 4.73. The van der Waals surface area contributed by atoms with Crippen molar-refractivity contribution in [1.29, 1.82) is 0 Å². The summed E-state index contributed by atoms with van der Waals surface area (Å²) < 4.78 is 37.9. The fourth-order valence-electron chi connectivity index (χ4n) is 1.83. The van der Waals surface area contributed by atoms with Crippen LogP contribution in [-0.4, -0.2) is 12.5 Å². The molecule has 118 valence electrons. The van der Waals surface area contributed by atoms with Gasteiger partial charge in [-0.25, -0.2) is 0 Å². The molecule has 0 fully saturated rings. The normalized spacial score (nSPS) is 11.5. The smallest absolute Gasteiger partial charge is 0.330 e. The van der Waals surface area contributed by atoms with Crippen LogP contribution in [-0.2, 0) is 11.0 Å². The highest BCUT2D eigenvalue weighted by atomic mass is 35.5. The minimum Gasteiger partial charge on any atom is -0.330 e. The summed E-state index contributed by atoms with van der Waals surface area (Å²) in [7, 11) is 0. The van der Waals surface area contributed by atoms with Crippen molar-refractivity contribution in [3.63, 3.8) is 0 Å². The Kier molecular flexibility index (Phi) is 6.98. The fourth-order valence-corrected chi connectivity index (χ4v) is 2.07. The maximum Gasteiger partial charge on any atom is 0.416 e. The lowest BCUT2D eigenvalue weighted by Crippen LogP contribution is -2.12. The van der Waals surface area contributed by atoms with Crippen molar-refractivity contribution in [2.45, 2.75) is 38.3 Å². The molecule has 1 amide bonds. The Morgan fingerprint density at radius 3 is 2.43 bits per heavy atom. The van der Waals surface area contributed by atoms with Crippen molar-refractivity contribution >= 4 is 23.2 Å². The van der Waals surface area contributed by atoms with Gasteiger partial charge in [-0.1, -0.05) is 24.4 Å². The van der Waals surface area contributed by atoms with E-state index in [0.717, 1.165) is 31.4 Å². The SMILES string of the molecule is NCCCCCCC(=O)Nc1cc(Cl)cc(C(F)(F)F)c1. The monoisotopic (exact) mass is 322 g/mol. The van der Waals surface area contributed by atoms with Crippen LogP contribution in [0.15, 0.2) is 18.2 Å². The first-order chi connectivity index (χ1) is 9.82. The quantitative estimate of drug-likeness (QED) is 0.739. The van der Waals surface area contributed by atoms with Crippen LogP contribution in [0.1, 0.15) is 37.7 Å². The predicted molar refractivity (Wildman–Crippen MR) is 77.2 cm³/mol. The number of carbonyl (C=O) groups excluding carboxylic acids is 1. The molecule has 1 rings (SSSR count). The van der Waals surface area contributed by atoms with Crippen molar-refractivity contribution in [3.05, 3.63) is 28.8 Å². The van der Waals surface area contributed by atoms with Gasteiger partial charge in [0.25, 0.3) is 0 Å². The zero-order valence-corrected chi connectivity index (χ0v) is 12.2. The first-order valence-electron chi connectivity index (χ1n) is 6.70. The van der Waals surface area contributed by atoms with E-state index in [0.29, 0.717) is 13.0 Å². The molecular formula is C14H18ClF3N2O. The van der Waals surface area contributed by atoms with E-state index in [4.69, 9.17) is 17.3 Å². The first-order valence-corrected chi connectivity index (χ1v) is 7.08. The average molecular weight is 323 g/mol. The summed E-state index contributed by atoms with van der Waals surface area (Å²) in [6.07, 6.45) is -0.832. The first kappa shape index (κ1) is 17.8. The summed E-state index contributed by atoms with van der Waals surface area (Å²) in [6, 6.07) is 2.99. The number of nitrogens with two attached hydrogens (primary N) is 1. The lowest BCUT2D eigenvalue weighted by molar-refractivity contribution is -0.137. The highest BCUT2D eigenvalue weighted by molar-refractivity contribution is 6.31. The molecule has 3 nitrogen and oxygen atoms in total. The van der Waals surface area contributed by atoms with E-state index in [1.54, 1.807) is 0 Å². The van der Waals surface area contributed by atoms with Gasteiger partial charge in [-0.15, -0.1) is 0 Å². The standard InChI is InChI=1S/C14H18ClF3N2O/c15-11-7-10(14(16,17)18)8-12(9-11)20-13(21)5-3-1-2-4-6-19/h7-9H,1-6,19H2,(H,20,21). The van der Waals surface area contributed by atoms with E-state index in [1.165, 1.54) is 6.07 Å². The number of halogens is 4. The molecule has 0 aromatic heterocycles. The number of amides is 1. The van der Waals surface area contributed by atoms with E-state index < -0.39 is 11.7 Å². The molecule has 7 heteroatoms. The number of rotatable bonds is 7. The van der Waals surface area contributed by atoms with Gasteiger partial charge in [0, 0.05) is 17.1 Å². The summed E-state index contributed by atoms with van der Waals surface area (Å²) in [6.45, 7) is 0.620. The highest BCUT2D eigenvalue weighted by Crippen LogP contribution is 2.33. The molecule has 0 unspecified atom stereocenters. The predicted octanol–water partition coefficient (Wildman–Crippen LogP) is 4.21. The van der Waals surface area contributed by atoms with Crippen LogP contribution in [0.25, 0.3) is 0 Å². The van der Waals surface area contributed by atoms with Gasteiger partial charge in [0.2, 0.25) is 5.91 Å². The summed E-state index contributed by atoms with van der Waals surface area (Å²) in [5, 5.41) is 2.37. The van der Waals surface area contributed by atoms with E-state index in [9.17, 15) is 18.0 Å². The number of unbranched alkanes of at least 4 members (excludes halogenated alkanes) is 3. The van der Waals surface area contributed by atoms with Gasteiger partial charge >= 0.3 is 6.18 Å². The summed E-state index contributed by atoms with van der Waals surface area (Å²) in [5.41, 5.74) is 4.53. The van der Waals surface area contributed by atoms with Crippen molar-refractivity contribution in [2.24, 2.45) is 5.73 Å². The number of hydrogen-bond donors (Lipinski definition) is 2. The number of nitrogens with one attached hydrogen (secondary N) is 1. The Morgan fingerprint density at radius 2 is 1.81 bits per heavy atom. The third kappa shape index (κ3) is 6.82. The molecule has 0 radical (unpaired) electrons. The summed E-state index contributed by atoms with van der Waals surface area (Å²) >= 11 is 5.64. The van der Waals surface area contributed by atoms with Crippen LogP contribution in [0.3, 0.4) is 0 Å². The molecule has 0 aliphatic rings. The Morgan fingerprint density at radius 1 is 1.14 bits per heavy atom. The van der Waals surface area contributed by atoms with Crippen LogP contribution in [0, 0.1) is 0 Å². The zero-order valence-electron chi connectivity index (χ0n) is 11.5. The molecule has 0 spiro atoms. The van der Waals surface area contributed by atoms with Gasteiger partial charge in [0.05, 0.1) is 5.56 Å². The third-order valence-electron chi connectivity index (χ3n) is 2.87. The summed E-state index contributed by atoms with van der Waals surface area (Å²) in [5.74, 6) is -0.321. The van der Waals surface area contributed by atoms with Crippen molar-refractivity contribution in [3.8, 4) is 0 Å². The van der Waals surface area contributed by atoms with Crippen molar-refractivity contribution in [2.75, 3.05) is 11.9 Å². The summed E-state index contributed by atoms with van der Waals surface area (Å²) in [4.78, 5) is 11.7. The molecule has 0 atom stereocenters. The minimum atomic E-state index is -4.49. The fraction of sp³-hybridized carbons (Fsp3) is 0.500. The van der Waals surface area contributed by atoms with Crippen LogP contribution in [0.5, 0.6) is 0 Å². The van der Waals surface area contributed by atoms with E-state index in [1.807, 2.05) is 0 Å². The van der Waals surface area contributed by atoms with E-state index in [2.05, 4.69) is 5.32 Å². The van der Waals surface area contributed by atoms with Crippen LogP contribution < -0.4 is 11.1 Å². The second kappa shape index (κ2) is 8.24. The molecule has 3 N–H and O–H groups in total. The Bertz CT molecular complexity index is 478. The van der Waals surface area contributed by atoms with Crippen LogP contribution >= 0.6 is 11.6 Å².